The summed E-state index contributed by atoms with van der Waals surface area (Å²) in [5.41, 5.74) is 1.84. The molecule has 0 fully saturated rings. The highest BCUT2D eigenvalue weighted by Gasteiger charge is 2.21. The third-order valence-electron chi connectivity index (χ3n) is 2.75. The van der Waals surface area contributed by atoms with Gasteiger partial charge in [-0.3, -0.25) is 4.79 Å². The third kappa shape index (κ3) is 3.32. The molecule has 0 radical (unpaired) electrons. The second-order valence-electron chi connectivity index (χ2n) is 4.86. The fourth-order valence-corrected chi connectivity index (χ4v) is 2.24. The molecular formula is C14H20BrNO. The van der Waals surface area contributed by atoms with Gasteiger partial charge in [0, 0.05) is 22.1 Å². The van der Waals surface area contributed by atoms with Crippen molar-refractivity contribution in [3.63, 3.8) is 0 Å². The van der Waals surface area contributed by atoms with Gasteiger partial charge in [0.1, 0.15) is 0 Å². The molecule has 0 atom stereocenters. The Morgan fingerprint density at radius 1 is 1.18 bits per heavy atom. The van der Waals surface area contributed by atoms with Gasteiger partial charge in [-0.1, -0.05) is 15.9 Å². The van der Waals surface area contributed by atoms with Crippen LogP contribution in [0, 0.1) is 6.92 Å². The molecular weight excluding hydrogens is 278 g/mol. The highest BCUT2D eigenvalue weighted by Crippen LogP contribution is 2.19. The summed E-state index contributed by atoms with van der Waals surface area (Å²) in [6, 6.07) is 6.17. The van der Waals surface area contributed by atoms with Crippen LogP contribution >= 0.6 is 15.9 Å². The Morgan fingerprint density at radius 3 is 2.12 bits per heavy atom. The molecule has 0 unspecified atom stereocenters. The van der Waals surface area contributed by atoms with Gasteiger partial charge >= 0.3 is 0 Å². The first-order chi connectivity index (χ1) is 7.84. The summed E-state index contributed by atoms with van der Waals surface area (Å²) in [5, 5.41) is 0. The Hall–Kier alpha value is -0.830. The average molecular weight is 298 g/mol. The van der Waals surface area contributed by atoms with Crippen LogP contribution < -0.4 is 0 Å². The molecule has 0 aliphatic heterocycles. The molecule has 0 aliphatic rings. The second kappa shape index (κ2) is 5.67. The first kappa shape index (κ1) is 14.2. The molecule has 1 aromatic rings. The van der Waals surface area contributed by atoms with Crippen LogP contribution in [0.2, 0.25) is 0 Å². The van der Waals surface area contributed by atoms with E-state index in [4.69, 9.17) is 0 Å². The summed E-state index contributed by atoms with van der Waals surface area (Å²) in [5.74, 6) is 0.102. The summed E-state index contributed by atoms with van der Waals surface area (Å²) in [6.45, 7) is 10.2. The van der Waals surface area contributed by atoms with E-state index in [9.17, 15) is 4.79 Å². The van der Waals surface area contributed by atoms with Crippen molar-refractivity contribution >= 4 is 21.8 Å². The fourth-order valence-electron chi connectivity index (χ4n) is 1.99. The number of halogens is 1. The van der Waals surface area contributed by atoms with Gasteiger partial charge in [0.2, 0.25) is 0 Å². The normalized spacial score (nSPS) is 11.1. The molecule has 1 rings (SSSR count). The maximum Gasteiger partial charge on any atom is 0.254 e. The van der Waals surface area contributed by atoms with Gasteiger partial charge in [0.05, 0.1) is 0 Å². The van der Waals surface area contributed by atoms with Crippen molar-refractivity contribution in [1.82, 2.24) is 4.90 Å². The van der Waals surface area contributed by atoms with Gasteiger partial charge in [-0.15, -0.1) is 0 Å². The molecule has 0 aromatic heterocycles. The molecule has 1 aromatic carbocycles. The molecule has 0 spiro atoms. The maximum atomic E-state index is 12.4. The lowest BCUT2D eigenvalue weighted by Crippen LogP contribution is -2.42. The number of hydrogen-bond acceptors (Lipinski definition) is 1. The Balaban J connectivity index is 3.06. The molecule has 0 bridgehead atoms. The van der Waals surface area contributed by atoms with Gasteiger partial charge in [-0.05, 0) is 58.4 Å². The number of nitrogens with zero attached hydrogens (tertiary/aromatic N) is 1. The molecule has 0 heterocycles. The number of carbonyl (C=O) groups is 1. The fraction of sp³-hybridized carbons (Fsp3) is 0.500. The maximum absolute atomic E-state index is 12.4. The van der Waals surface area contributed by atoms with Gasteiger partial charge in [-0.2, -0.15) is 0 Å². The zero-order valence-corrected chi connectivity index (χ0v) is 12.7. The Morgan fingerprint density at radius 2 is 1.71 bits per heavy atom. The SMILES string of the molecule is Cc1cc(C(=O)N(C(C)C)C(C)C)ccc1Br. The number of aryl methyl sites for hydroxylation is 1. The van der Waals surface area contributed by atoms with Gasteiger partial charge in [0.25, 0.3) is 5.91 Å². The van der Waals surface area contributed by atoms with E-state index in [0.29, 0.717) is 0 Å². The molecule has 94 valence electrons. The van der Waals surface area contributed by atoms with Crippen molar-refractivity contribution in [1.29, 1.82) is 0 Å². The largest absolute Gasteiger partial charge is 0.334 e. The van der Waals surface area contributed by atoms with E-state index >= 15 is 0 Å². The lowest BCUT2D eigenvalue weighted by Gasteiger charge is -2.31. The molecule has 17 heavy (non-hydrogen) atoms. The van der Waals surface area contributed by atoms with Crippen molar-refractivity contribution in [2.45, 2.75) is 46.7 Å². The summed E-state index contributed by atoms with van der Waals surface area (Å²) < 4.78 is 1.04. The smallest absolute Gasteiger partial charge is 0.254 e. The number of hydrogen-bond donors (Lipinski definition) is 0. The zero-order chi connectivity index (χ0) is 13.2. The molecule has 1 amide bonds. The number of amides is 1. The topological polar surface area (TPSA) is 20.3 Å². The number of rotatable bonds is 3. The summed E-state index contributed by atoms with van der Waals surface area (Å²) in [7, 11) is 0. The van der Waals surface area contributed by atoms with Crippen molar-refractivity contribution in [3.05, 3.63) is 33.8 Å². The minimum Gasteiger partial charge on any atom is -0.334 e. The molecule has 0 N–H and O–H groups in total. The van der Waals surface area contributed by atoms with Crippen LogP contribution in [-0.4, -0.2) is 22.9 Å². The zero-order valence-electron chi connectivity index (χ0n) is 11.1. The Bertz CT molecular complexity index is 405. The summed E-state index contributed by atoms with van der Waals surface area (Å²) in [4.78, 5) is 14.3. The van der Waals surface area contributed by atoms with Crippen LogP contribution in [-0.2, 0) is 0 Å². The summed E-state index contributed by atoms with van der Waals surface area (Å²) in [6.07, 6.45) is 0. The Labute approximate surface area is 112 Å². The number of carbonyl (C=O) groups excluding carboxylic acids is 1. The van der Waals surface area contributed by atoms with Crippen LogP contribution in [0.15, 0.2) is 22.7 Å². The van der Waals surface area contributed by atoms with Crippen molar-refractivity contribution < 1.29 is 4.79 Å². The molecule has 0 aliphatic carbocycles. The minimum absolute atomic E-state index is 0.102. The van der Waals surface area contributed by atoms with Crippen LogP contribution in [0.1, 0.15) is 43.6 Å². The van der Waals surface area contributed by atoms with E-state index in [2.05, 4.69) is 15.9 Å². The van der Waals surface area contributed by atoms with Crippen LogP contribution in [0.25, 0.3) is 0 Å². The van der Waals surface area contributed by atoms with E-state index < -0.39 is 0 Å². The van der Waals surface area contributed by atoms with Gasteiger partial charge in [0.15, 0.2) is 0 Å². The number of benzene rings is 1. The van der Waals surface area contributed by atoms with Gasteiger partial charge in [-0.25, -0.2) is 0 Å². The van der Waals surface area contributed by atoms with E-state index in [1.54, 1.807) is 0 Å². The van der Waals surface area contributed by atoms with Crippen molar-refractivity contribution in [2.24, 2.45) is 0 Å². The lowest BCUT2D eigenvalue weighted by molar-refractivity contribution is 0.0643. The van der Waals surface area contributed by atoms with E-state index in [0.717, 1.165) is 15.6 Å². The van der Waals surface area contributed by atoms with Gasteiger partial charge < -0.3 is 4.90 Å². The quantitative estimate of drug-likeness (QED) is 0.825. The predicted octanol–water partition coefficient (Wildman–Crippen LogP) is 4.02. The van der Waals surface area contributed by atoms with Crippen LogP contribution in [0.5, 0.6) is 0 Å². The third-order valence-corrected chi connectivity index (χ3v) is 3.64. The second-order valence-corrected chi connectivity index (χ2v) is 5.72. The molecule has 2 nitrogen and oxygen atoms in total. The molecule has 0 saturated carbocycles. The standard InChI is InChI=1S/C14H20BrNO/c1-9(2)16(10(3)4)14(17)12-6-7-13(15)11(5)8-12/h6-10H,1-5H3. The monoisotopic (exact) mass is 297 g/mol. The highest BCUT2D eigenvalue weighted by atomic mass is 79.9. The first-order valence-corrected chi connectivity index (χ1v) is 6.72. The van der Waals surface area contributed by atoms with Crippen LogP contribution in [0.3, 0.4) is 0 Å². The van der Waals surface area contributed by atoms with Crippen LogP contribution in [0.4, 0.5) is 0 Å². The highest BCUT2D eigenvalue weighted by molar-refractivity contribution is 9.10. The lowest BCUT2D eigenvalue weighted by atomic mass is 10.1. The van der Waals surface area contributed by atoms with Crippen molar-refractivity contribution in [3.8, 4) is 0 Å². The summed E-state index contributed by atoms with van der Waals surface area (Å²) >= 11 is 3.45. The predicted molar refractivity (Wildman–Crippen MR) is 75.3 cm³/mol. The Kier molecular flexibility index (Phi) is 4.75. The first-order valence-electron chi connectivity index (χ1n) is 5.93. The van der Waals surface area contributed by atoms with E-state index in [1.807, 2.05) is 57.7 Å². The minimum atomic E-state index is 0.102. The molecule has 0 saturated heterocycles. The van der Waals surface area contributed by atoms with E-state index in [-0.39, 0.29) is 18.0 Å². The molecule has 3 heteroatoms. The van der Waals surface area contributed by atoms with E-state index in [1.165, 1.54) is 0 Å². The average Bonchev–Trinajstić information content (AvgIpc) is 2.20. The van der Waals surface area contributed by atoms with Crippen molar-refractivity contribution in [2.75, 3.05) is 0 Å².